The van der Waals surface area contributed by atoms with E-state index in [1.807, 2.05) is 6.20 Å². The molecular weight excluding hydrogens is 492 g/mol. The molecule has 0 amide bonds. The molecule has 6 heteroatoms. The predicted molar refractivity (Wildman–Crippen MR) is 158 cm³/mol. The van der Waals surface area contributed by atoms with Crippen molar-refractivity contribution in [1.82, 2.24) is 25.3 Å². The second-order valence-electron chi connectivity index (χ2n) is 12.9. The molecule has 1 saturated heterocycles. The highest BCUT2D eigenvalue weighted by molar-refractivity contribution is 5.97. The summed E-state index contributed by atoms with van der Waals surface area (Å²) in [4.78, 5) is 23.3. The van der Waals surface area contributed by atoms with E-state index < -0.39 is 0 Å². The SMILES string of the molecule is c1cc2c(cc1-c1ccc3nc(-c4ccc5nc([C@@H]6C[C@H]7C[C@H]7N6)[nH]c5c4)cnc3c1)CC(C1C[C@@H]3C[C@@H]3C1)=N2. The smallest absolute Gasteiger partial charge is 0.124 e. The summed E-state index contributed by atoms with van der Waals surface area (Å²) in [7, 11) is 0. The number of aliphatic imine (C=N–C) groups is 1. The Balaban J connectivity index is 0.914. The molecule has 4 fully saturated rings. The standard InChI is InChI=1S/C34H30N6/c1-4-25-23(13-28(36-25)22-9-20-8-21(20)10-22)7-17(1)18-2-5-26-30(11-18)35-16-33(37-26)19-3-6-27-31(12-19)40-34(39-27)32-15-24-14-29(24)38-32/h1-7,11-12,16,20-22,24,29,32,38H,8-10,13-15H2,(H,39,40)/t20-,21+,22?,24-,29-,32+/m1/s1. The Morgan fingerprint density at radius 2 is 1.55 bits per heavy atom. The van der Waals surface area contributed by atoms with Gasteiger partial charge in [-0.15, -0.1) is 0 Å². The topological polar surface area (TPSA) is 78.9 Å². The minimum atomic E-state index is 0.354. The normalized spacial score (nSPS) is 29.4. The monoisotopic (exact) mass is 522 g/mol. The van der Waals surface area contributed by atoms with Crippen molar-refractivity contribution in [3.8, 4) is 22.4 Å². The molecule has 3 saturated carbocycles. The number of benzene rings is 3. The molecule has 2 aromatic heterocycles. The number of nitrogens with one attached hydrogen (secondary N) is 2. The number of rotatable bonds is 4. The molecule has 6 nitrogen and oxygen atoms in total. The molecule has 10 rings (SSSR count). The van der Waals surface area contributed by atoms with Gasteiger partial charge in [0.15, 0.2) is 0 Å². The van der Waals surface area contributed by atoms with Crippen LogP contribution < -0.4 is 5.32 Å². The quantitative estimate of drug-likeness (QED) is 0.268. The van der Waals surface area contributed by atoms with E-state index >= 15 is 0 Å². The van der Waals surface area contributed by atoms with Crippen molar-refractivity contribution in [2.75, 3.05) is 0 Å². The molecule has 5 aliphatic rings. The van der Waals surface area contributed by atoms with E-state index in [1.165, 1.54) is 60.2 Å². The van der Waals surface area contributed by atoms with E-state index in [2.05, 4.69) is 64.9 Å². The van der Waals surface area contributed by atoms with E-state index in [9.17, 15) is 0 Å². The molecule has 6 atom stereocenters. The number of aromatic nitrogens is 4. The van der Waals surface area contributed by atoms with Crippen LogP contribution in [0.2, 0.25) is 0 Å². The highest BCUT2D eigenvalue weighted by Gasteiger charge is 2.48. The van der Waals surface area contributed by atoms with Crippen molar-refractivity contribution in [3.63, 3.8) is 0 Å². The summed E-state index contributed by atoms with van der Waals surface area (Å²) >= 11 is 0. The minimum Gasteiger partial charge on any atom is -0.341 e. The lowest BCUT2D eigenvalue weighted by Crippen LogP contribution is -2.18. The molecule has 3 aliphatic carbocycles. The predicted octanol–water partition coefficient (Wildman–Crippen LogP) is 6.94. The molecule has 5 aromatic rings. The van der Waals surface area contributed by atoms with Gasteiger partial charge in [-0.05, 0) is 109 Å². The highest BCUT2D eigenvalue weighted by atomic mass is 15.1. The maximum Gasteiger partial charge on any atom is 0.124 e. The lowest BCUT2D eigenvalue weighted by Gasteiger charge is -2.11. The third-order valence-corrected chi connectivity index (χ3v) is 10.3. The van der Waals surface area contributed by atoms with Crippen LogP contribution >= 0.6 is 0 Å². The van der Waals surface area contributed by atoms with Crippen LogP contribution in [0.1, 0.15) is 49.5 Å². The van der Waals surface area contributed by atoms with E-state index in [-0.39, 0.29) is 0 Å². The fourth-order valence-electron chi connectivity index (χ4n) is 7.84. The minimum absolute atomic E-state index is 0.354. The maximum atomic E-state index is 5.04. The summed E-state index contributed by atoms with van der Waals surface area (Å²) in [6.45, 7) is 0. The van der Waals surface area contributed by atoms with Gasteiger partial charge in [0.2, 0.25) is 0 Å². The van der Waals surface area contributed by atoms with Gasteiger partial charge in [-0.3, -0.25) is 9.98 Å². The van der Waals surface area contributed by atoms with Crippen molar-refractivity contribution >= 4 is 33.5 Å². The van der Waals surface area contributed by atoms with Gasteiger partial charge in [0, 0.05) is 23.7 Å². The van der Waals surface area contributed by atoms with E-state index in [0.29, 0.717) is 12.1 Å². The Labute approximate surface area is 232 Å². The van der Waals surface area contributed by atoms with Gasteiger partial charge >= 0.3 is 0 Å². The number of aromatic amines is 1. The number of H-pyrrole nitrogens is 1. The van der Waals surface area contributed by atoms with Gasteiger partial charge in [0.25, 0.3) is 0 Å². The maximum absolute atomic E-state index is 5.04. The average molecular weight is 523 g/mol. The fourth-order valence-corrected chi connectivity index (χ4v) is 7.84. The van der Waals surface area contributed by atoms with E-state index in [4.69, 9.17) is 19.9 Å². The average Bonchev–Trinajstić information content (AvgIpc) is 3.57. The number of hydrogen-bond donors (Lipinski definition) is 2. The summed E-state index contributed by atoms with van der Waals surface area (Å²) in [5.41, 5.74) is 12.2. The van der Waals surface area contributed by atoms with Gasteiger partial charge in [0.1, 0.15) is 5.82 Å². The first-order chi connectivity index (χ1) is 19.7. The van der Waals surface area contributed by atoms with Crippen molar-refractivity contribution < 1.29 is 0 Å². The molecular formula is C34H30N6. The Morgan fingerprint density at radius 1 is 0.700 bits per heavy atom. The van der Waals surface area contributed by atoms with Crippen LogP contribution in [0.4, 0.5) is 5.69 Å². The van der Waals surface area contributed by atoms with Gasteiger partial charge in [-0.2, -0.15) is 0 Å². The number of imidazole rings is 1. The van der Waals surface area contributed by atoms with Gasteiger partial charge in [-0.1, -0.05) is 18.2 Å². The van der Waals surface area contributed by atoms with Crippen LogP contribution in [-0.4, -0.2) is 31.7 Å². The molecule has 0 radical (unpaired) electrons. The lowest BCUT2D eigenvalue weighted by atomic mass is 9.93. The lowest BCUT2D eigenvalue weighted by molar-refractivity contribution is 0.544. The molecule has 0 spiro atoms. The summed E-state index contributed by atoms with van der Waals surface area (Å²) in [6.07, 6.45) is 9.63. The van der Waals surface area contributed by atoms with Crippen LogP contribution in [0.15, 0.2) is 65.8 Å². The van der Waals surface area contributed by atoms with Crippen molar-refractivity contribution in [2.45, 2.75) is 50.6 Å². The summed E-state index contributed by atoms with van der Waals surface area (Å²) < 4.78 is 0. The first-order valence-corrected chi connectivity index (χ1v) is 14.9. The first kappa shape index (κ1) is 21.9. The Hall–Kier alpha value is -3.90. The zero-order valence-corrected chi connectivity index (χ0v) is 22.3. The van der Waals surface area contributed by atoms with Crippen LogP contribution in [0.25, 0.3) is 44.5 Å². The number of hydrogen-bond acceptors (Lipinski definition) is 5. The Morgan fingerprint density at radius 3 is 2.45 bits per heavy atom. The molecule has 196 valence electrons. The second kappa shape index (κ2) is 7.85. The van der Waals surface area contributed by atoms with Crippen LogP contribution in [0, 0.1) is 23.7 Å². The van der Waals surface area contributed by atoms with E-state index in [1.54, 1.807) is 0 Å². The largest absolute Gasteiger partial charge is 0.341 e. The molecule has 2 aliphatic heterocycles. The zero-order chi connectivity index (χ0) is 25.9. The second-order valence-corrected chi connectivity index (χ2v) is 12.9. The van der Waals surface area contributed by atoms with E-state index in [0.717, 1.165) is 69.2 Å². The molecule has 40 heavy (non-hydrogen) atoms. The molecule has 0 bridgehead atoms. The van der Waals surface area contributed by atoms with Crippen LogP contribution in [-0.2, 0) is 6.42 Å². The Kier molecular flexibility index (Phi) is 4.29. The first-order valence-electron chi connectivity index (χ1n) is 14.9. The summed E-state index contributed by atoms with van der Waals surface area (Å²) in [6, 6.07) is 20.6. The van der Waals surface area contributed by atoms with Gasteiger partial charge in [0.05, 0.1) is 45.7 Å². The van der Waals surface area contributed by atoms with Gasteiger partial charge in [-0.25, -0.2) is 9.97 Å². The molecule has 3 aromatic carbocycles. The third kappa shape index (κ3) is 3.45. The Bertz CT molecular complexity index is 1880. The summed E-state index contributed by atoms with van der Waals surface area (Å²) in [5, 5.41) is 3.69. The fraction of sp³-hybridized carbons (Fsp3) is 0.353. The van der Waals surface area contributed by atoms with Crippen molar-refractivity contribution in [1.29, 1.82) is 0 Å². The molecule has 2 N–H and O–H groups in total. The molecule has 1 unspecified atom stereocenters. The number of nitrogens with zero attached hydrogens (tertiary/aromatic N) is 4. The van der Waals surface area contributed by atoms with Crippen molar-refractivity contribution in [2.24, 2.45) is 28.7 Å². The number of piperidine rings is 1. The summed E-state index contributed by atoms with van der Waals surface area (Å²) in [5.74, 6) is 4.61. The van der Waals surface area contributed by atoms with Crippen molar-refractivity contribution in [3.05, 3.63) is 72.2 Å². The molecule has 4 heterocycles. The van der Waals surface area contributed by atoms with Crippen LogP contribution in [0.5, 0.6) is 0 Å². The highest BCUT2D eigenvalue weighted by Crippen LogP contribution is 2.55. The van der Waals surface area contributed by atoms with Gasteiger partial charge < -0.3 is 10.3 Å². The zero-order valence-electron chi connectivity index (χ0n) is 22.3. The number of fused-ring (bicyclic) bond motifs is 5. The van der Waals surface area contributed by atoms with Crippen LogP contribution in [0.3, 0.4) is 0 Å². The third-order valence-electron chi connectivity index (χ3n) is 10.3.